The monoisotopic (exact) mass is 374 g/mol. The molecule has 4 rings (SSSR count). The summed E-state index contributed by atoms with van der Waals surface area (Å²) >= 11 is 0. The molecule has 1 aromatic heterocycles. The molecule has 0 spiro atoms. The van der Waals surface area contributed by atoms with E-state index in [0.29, 0.717) is 24.2 Å². The fourth-order valence-electron chi connectivity index (χ4n) is 3.23. The lowest BCUT2D eigenvalue weighted by atomic mass is 10.1. The number of amides is 3. The van der Waals surface area contributed by atoms with Crippen molar-refractivity contribution in [2.75, 3.05) is 6.54 Å². The Morgan fingerprint density at radius 3 is 2.18 bits per heavy atom. The van der Waals surface area contributed by atoms with Crippen molar-refractivity contribution >= 4 is 17.7 Å². The third-order valence-corrected chi connectivity index (χ3v) is 4.67. The predicted molar refractivity (Wildman–Crippen MR) is 101 cm³/mol. The highest BCUT2D eigenvalue weighted by Gasteiger charge is 2.36. The van der Waals surface area contributed by atoms with Gasteiger partial charge in [-0.25, -0.2) is 0 Å². The van der Waals surface area contributed by atoms with Crippen LogP contribution in [0.4, 0.5) is 0 Å². The highest BCUT2D eigenvalue weighted by molar-refractivity contribution is 6.22. The van der Waals surface area contributed by atoms with Crippen LogP contribution < -0.4 is 5.32 Å². The van der Waals surface area contributed by atoms with Crippen LogP contribution in [0.25, 0.3) is 0 Å². The Hall–Kier alpha value is -3.74. The SMILES string of the molecule is O=C(CN1C(=O)c2ccccc2C1=O)NCc1ccccc1Cn1cccn1. The molecule has 0 radical (unpaired) electrons. The average Bonchev–Trinajstić information content (AvgIpc) is 3.30. The third-order valence-electron chi connectivity index (χ3n) is 4.67. The van der Waals surface area contributed by atoms with E-state index in [2.05, 4.69) is 10.4 Å². The highest BCUT2D eigenvalue weighted by Crippen LogP contribution is 2.22. The molecule has 0 saturated heterocycles. The number of nitrogens with zero attached hydrogens (tertiary/aromatic N) is 3. The first kappa shape index (κ1) is 17.7. The molecule has 1 N–H and O–H groups in total. The molecule has 0 fully saturated rings. The summed E-state index contributed by atoms with van der Waals surface area (Å²) in [5.41, 5.74) is 2.66. The van der Waals surface area contributed by atoms with Crippen LogP contribution in [0.3, 0.4) is 0 Å². The molecule has 3 aromatic rings. The second-order valence-electron chi connectivity index (χ2n) is 6.49. The van der Waals surface area contributed by atoms with Crippen molar-refractivity contribution in [3.63, 3.8) is 0 Å². The van der Waals surface area contributed by atoms with Crippen molar-refractivity contribution in [2.24, 2.45) is 0 Å². The first-order valence-corrected chi connectivity index (χ1v) is 8.89. The second kappa shape index (κ2) is 7.48. The Balaban J connectivity index is 1.40. The highest BCUT2D eigenvalue weighted by atomic mass is 16.2. The molecule has 0 unspecified atom stereocenters. The van der Waals surface area contributed by atoms with Crippen LogP contribution >= 0.6 is 0 Å². The average molecular weight is 374 g/mol. The minimum absolute atomic E-state index is 0.298. The van der Waals surface area contributed by atoms with Crippen LogP contribution in [0.2, 0.25) is 0 Å². The number of fused-ring (bicyclic) bond motifs is 1. The maximum Gasteiger partial charge on any atom is 0.262 e. The maximum absolute atomic E-state index is 12.4. The van der Waals surface area contributed by atoms with Gasteiger partial charge >= 0.3 is 0 Å². The molecule has 0 saturated carbocycles. The van der Waals surface area contributed by atoms with Crippen LogP contribution in [0, 0.1) is 0 Å². The topological polar surface area (TPSA) is 84.3 Å². The Morgan fingerprint density at radius 2 is 1.54 bits per heavy atom. The van der Waals surface area contributed by atoms with Gasteiger partial charge < -0.3 is 5.32 Å². The van der Waals surface area contributed by atoms with Crippen molar-refractivity contribution in [1.82, 2.24) is 20.0 Å². The van der Waals surface area contributed by atoms with Crippen molar-refractivity contribution in [3.8, 4) is 0 Å². The third kappa shape index (κ3) is 3.42. The number of hydrogen-bond acceptors (Lipinski definition) is 4. The van der Waals surface area contributed by atoms with Gasteiger partial charge in [-0.15, -0.1) is 0 Å². The first-order chi connectivity index (χ1) is 13.6. The van der Waals surface area contributed by atoms with E-state index in [4.69, 9.17) is 0 Å². The van der Waals surface area contributed by atoms with Gasteiger partial charge in [0, 0.05) is 18.9 Å². The van der Waals surface area contributed by atoms with Gasteiger partial charge in [0.1, 0.15) is 6.54 Å². The van der Waals surface area contributed by atoms with E-state index in [-0.39, 0.29) is 12.5 Å². The van der Waals surface area contributed by atoms with Crippen molar-refractivity contribution in [2.45, 2.75) is 13.1 Å². The number of imide groups is 1. The number of aromatic nitrogens is 2. The maximum atomic E-state index is 12.4. The van der Waals surface area contributed by atoms with Crippen LogP contribution in [-0.2, 0) is 17.9 Å². The van der Waals surface area contributed by atoms with Crippen LogP contribution in [0.5, 0.6) is 0 Å². The number of benzene rings is 2. The molecule has 1 aliphatic rings. The summed E-state index contributed by atoms with van der Waals surface area (Å²) < 4.78 is 1.81. The van der Waals surface area contributed by atoms with E-state index in [1.54, 1.807) is 35.1 Å². The first-order valence-electron chi connectivity index (χ1n) is 8.89. The number of hydrogen-bond donors (Lipinski definition) is 1. The Bertz CT molecular complexity index is 1010. The Kier molecular flexibility index (Phi) is 4.72. The quantitative estimate of drug-likeness (QED) is 0.668. The zero-order valence-electron chi connectivity index (χ0n) is 15.0. The molecule has 3 amide bonds. The molecule has 0 atom stereocenters. The van der Waals surface area contributed by atoms with Gasteiger partial charge in [-0.3, -0.25) is 24.0 Å². The molecule has 0 bridgehead atoms. The normalized spacial score (nSPS) is 12.9. The van der Waals surface area contributed by atoms with E-state index in [1.807, 2.05) is 36.5 Å². The van der Waals surface area contributed by atoms with Gasteiger partial charge in [-0.05, 0) is 29.3 Å². The summed E-state index contributed by atoms with van der Waals surface area (Å²) in [5.74, 6) is -1.26. The lowest BCUT2D eigenvalue weighted by Gasteiger charge is -2.15. The summed E-state index contributed by atoms with van der Waals surface area (Å²) in [7, 11) is 0. The van der Waals surface area contributed by atoms with E-state index < -0.39 is 11.8 Å². The Labute approximate surface area is 161 Å². The molecular weight excluding hydrogens is 356 g/mol. The molecule has 7 heteroatoms. The number of rotatable bonds is 6. The van der Waals surface area contributed by atoms with Crippen molar-refractivity contribution in [3.05, 3.63) is 89.2 Å². The standard InChI is InChI=1S/C21H18N4O3/c26-19(14-25-20(27)17-8-3-4-9-18(17)21(25)28)22-12-15-6-1-2-7-16(15)13-24-11-5-10-23-24/h1-11H,12-14H2,(H,22,26). The van der Waals surface area contributed by atoms with Crippen LogP contribution in [0.15, 0.2) is 67.0 Å². The second-order valence-corrected chi connectivity index (χ2v) is 6.49. The van der Waals surface area contributed by atoms with Crippen LogP contribution in [-0.4, -0.2) is 38.9 Å². The predicted octanol–water partition coefficient (Wildman–Crippen LogP) is 1.84. The summed E-state index contributed by atoms with van der Waals surface area (Å²) in [5, 5.41) is 7.00. The van der Waals surface area contributed by atoms with E-state index >= 15 is 0 Å². The fraction of sp³-hybridized carbons (Fsp3) is 0.143. The molecule has 7 nitrogen and oxygen atoms in total. The molecule has 0 aliphatic carbocycles. The van der Waals surface area contributed by atoms with Gasteiger partial charge in [0.15, 0.2) is 0 Å². The number of nitrogens with one attached hydrogen (secondary N) is 1. The fourth-order valence-corrected chi connectivity index (χ4v) is 3.23. The Morgan fingerprint density at radius 1 is 0.893 bits per heavy atom. The zero-order valence-corrected chi connectivity index (χ0v) is 15.0. The van der Waals surface area contributed by atoms with Crippen LogP contribution in [0.1, 0.15) is 31.8 Å². The lowest BCUT2D eigenvalue weighted by molar-refractivity contribution is -0.121. The lowest BCUT2D eigenvalue weighted by Crippen LogP contribution is -2.40. The summed E-state index contributed by atoms with van der Waals surface area (Å²) in [6.45, 7) is 0.602. The summed E-state index contributed by atoms with van der Waals surface area (Å²) in [4.78, 5) is 38.1. The van der Waals surface area contributed by atoms with Gasteiger partial charge in [-0.1, -0.05) is 36.4 Å². The van der Waals surface area contributed by atoms with E-state index in [1.165, 1.54) is 0 Å². The zero-order chi connectivity index (χ0) is 19.5. The molecular formula is C21H18N4O3. The smallest absolute Gasteiger partial charge is 0.262 e. The van der Waals surface area contributed by atoms with Crippen molar-refractivity contribution in [1.29, 1.82) is 0 Å². The molecule has 140 valence electrons. The van der Waals surface area contributed by atoms with E-state index in [0.717, 1.165) is 16.0 Å². The minimum Gasteiger partial charge on any atom is -0.350 e. The van der Waals surface area contributed by atoms with Gasteiger partial charge in [-0.2, -0.15) is 5.10 Å². The minimum atomic E-state index is -0.435. The largest absolute Gasteiger partial charge is 0.350 e. The summed E-state index contributed by atoms with van der Waals surface area (Å²) in [6.07, 6.45) is 3.59. The molecule has 2 aromatic carbocycles. The van der Waals surface area contributed by atoms with Gasteiger partial charge in [0.25, 0.3) is 11.8 Å². The molecule has 28 heavy (non-hydrogen) atoms. The molecule has 2 heterocycles. The number of carbonyl (C=O) groups excluding carboxylic acids is 3. The van der Waals surface area contributed by atoms with Crippen molar-refractivity contribution < 1.29 is 14.4 Å². The summed E-state index contributed by atoms with van der Waals surface area (Å²) in [6, 6.07) is 16.2. The van der Waals surface area contributed by atoms with Gasteiger partial charge in [0.2, 0.25) is 5.91 Å². The van der Waals surface area contributed by atoms with Gasteiger partial charge in [0.05, 0.1) is 17.7 Å². The molecule has 1 aliphatic heterocycles. The number of carbonyl (C=O) groups is 3. The van der Waals surface area contributed by atoms with E-state index in [9.17, 15) is 14.4 Å².